The molecule has 0 radical (unpaired) electrons. The van der Waals surface area contributed by atoms with Crippen molar-refractivity contribution in [3.05, 3.63) is 24.2 Å². The number of likely N-dealkylation sites (tertiary alicyclic amines) is 1. The topological polar surface area (TPSA) is 50.0 Å². The molecule has 2 atom stereocenters. The molecule has 1 aromatic rings. The fourth-order valence-electron chi connectivity index (χ4n) is 3.36. The highest BCUT2D eigenvalue weighted by Crippen LogP contribution is 2.28. The second-order valence-corrected chi connectivity index (χ2v) is 5.85. The number of hydrogen-bond donors (Lipinski definition) is 1. The molecule has 1 N–H and O–H groups in total. The second kappa shape index (κ2) is 8.76. The predicted molar refractivity (Wildman–Crippen MR) is 97.8 cm³/mol. The van der Waals surface area contributed by atoms with Crippen molar-refractivity contribution in [2.24, 2.45) is 10.9 Å². The quantitative estimate of drug-likeness (QED) is 0.465. The van der Waals surface area contributed by atoms with Gasteiger partial charge in [0.05, 0.1) is 12.4 Å². The number of guanidine groups is 1. The van der Waals surface area contributed by atoms with Crippen LogP contribution in [-0.2, 0) is 11.2 Å². The average molecular weight is 419 g/mol. The molecule has 6 heteroatoms. The van der Waals surface area contributed by atoms with Crippen LogP contribution in [0.25, 0.3) is 0 Å². The van der Waals surface area contributed by atoms with Crippen LogP contribution < -0.4 is 5.32 Å². The predicted octanol–water partition coefficient (Wildman–Crippen LogP) is 2.52. The molecule has 2 unspecified atom stereocenters. The minimum Gasteiger partial charge on any atom is -0.469 e. The van der Waals surface area contributed by atoms with Crippen LogP contribution in [0.5, 0.6) is 0 Å². The van der Waals surface area contributed by atoms with Gasteiger partial charge in [0.2, 0.25) is 0 Å². The van der Waals surface area contributed by atoms with Crippen molar-refractivity contribution < 1.29 is 9.15 Å². The Labute approximate surface area is 149 Å². The zero-order valence-electron chi connectivity index (χ0n) is 13.2. The first-order valence-corrected chi connectivity index (χ1v) is 7.96. The molecule has 0 aromatic carbocycles. The van der Waals surface area contributed by atoms with Crippen LogP contribution in [0, 0.1) is 5.92 Å². The number of hydrogen-bond acceptors (Lipinski definition) is 3. The van der Waals surface area contributed by atoms with Gasteiger partial charge in [0.15, 0.2) is 5.96 Å². The maximum absolute atomic E-state index is 5.87. The molecule has 0 aliphatic carbocycles. The first kappa shape index (κ1) is 17.6. The van der Waals surface area contributed by atoms with Crippen LogP contribution in [-0.4, -0.2) is 50.3 Å². The highest BCUT2D eigenvalue weighted by molar-refractivity contribution is 14.0. The zero-order valence-corrected chi connectivity index (χ0v) is 15.5. The number of nitrogens with one attached hydrogen (secondary N) is 1. The van der Waals surface area contributed by atoms with Crippen LogP contribution >= 0.6 is 24.0 Å². The van der Waals surface area contributed by atoms with E-state index in [1.54, 1.807) is 6.26 Å². The summed E-state index contributed by atoms with van der Waals surface area (Å²) in [6.45, 7) is 3.88. The number of ether oxygens (including phenoxy) is 1. The third kappa shape index (κ3) is 4.38. The lowest BCUT2D eigenvalue weighted by molar-refractivity contribution is -0.0559. The van der Waals surface area contributed by atoms with Crippen LogP contribution in [0.3, 0.4) is 0 Å². The molecule has 2 aliphatic rings. The lowest BCUT2D eigenvalue weighted by Gasteiger charge is -2.42. The normalized spacial score (nSPS) is 25.3. The van der Waals surface area contributed by atoms with E-state index in [-0.39, 0.29) is 24.0 Å². The minimum atomic E-state index is 0. The Morgan fingerprint density at radius 2 is 2.36 bits per heavy atom. The van der Waals surface area contributed by atoms with E-state index in [1.165, 1.54) is 12.8 Å². The van der Waals surface area contributed by atoms with Gasteiger partial charge in [-0.15, -0.1) is 24.0 Å². The average Bonchev–Trinajstić information content (AvgIpc) is 3.04. The van der Waals surface area contributed by atoms with Gasteiger partial charge < -0.3 is 19.4 Å². The summed E-state index contributed by atoms with van der Waals surface area (Å²) in [7, 11) is 1.86. The van der Waals surface area contributed by atoms with Gasteiger partial charge >= 0.3 is 0 Å². The highest BCUT2D eigenvalue weighted by atomic mass is 127. The zero-order chi connectivity index (χ0) is 14.5. The van der Waals surface area contributed by atoms with Gasteiger partial charge in [-0.25, -0.2) is 0 Å². The maximum atomic E-state index is 5.87. The summed E-state index contributed by atoms with van der Waals surface area (Å²) in [5.74, 6) is 2.68. The van der Waals surface area contributed by atoms with Crippen molar-refractivity contribution in [1.29, 1.82) is 0 Å². The Balaban J connectivity index is 0.00000176. The van der Waals surface area contributed by atoms with E-state index in [4.69, 9.17) is 9.15 Å². The van der Waals surface area contributed by atoms with Crippen LogP contribution in [0.1, 0.15) is 25.0 Å². The lowest BCUT2D eigenvalue weighted by atomic mass is 9.88. The van der Waals surface area contributed by atoms with E-state index in [9.17, 15) is 0 Å². The molecule has 1 aromatic heterocycles. The molecule has 3 heterocycles. The fourth-order valence-corrected chi connectivity index (χ4v) is 3.36. The molecule has 124 valence electrons. The number of aliphatic imine (C=N–C) groups is 1. The number of furan rings is 1. The summed E-state index contributed by atoms with van der Waals surface area (Å²) >= 11 is 0. The molecule has 2 aliphatic heterocycles. The lowest BCUT2D eigenvalue weighted by Crippen LogP contribution is -2.52. The van der Waals surface area contributed by atoms with Crippen molar-refractivity contribution in [1.82, 2.24) is 10.2 Å². The van der Waals surface area contributed by atoms with Crippen LogP contribution in [0.4, 0.5) is 0 Å². The molecular weight excluding hydrogens is 393 g/mol. The monoisotopic (exact) mass is 419 g/mol. The van der Waals surface area contributed by atoms with Gasteiger partial charge in [0.1, 0.15) is 5.76 Å². The summed E-state index contributed by atoms with van der Waals surface area (Å²) < 4.78 is 11.2. The van der Waals surface area contributed by atoms with Crippen molar-refractivity contribution in [2.45, 2.75) is 31.8 Å². The van der Waals surface area contributed by atoms with Gasteiger partial charge in [-0.3, -0.25) is 4.99 Å². The summed E-state index contributed by atoms with van der Waals surface area (Å²) in [5.41, 5.74) is 0. The summed E-state index contributed by atoms with van der Waals surface area (Å²) in [4.78, 5) is 6.80. The van der Waals surface area contributed by atoms with E-state index in [1.807, 2.05) is 19.2 Å². The van der Waals surface area contributed by atoms with Gasteiger partial charge in [-0.1, -0.05) is 0 Å². The number of rotatable bonds is 3. The van der Waals surface area contributed by atoms with Crippen molar-refractivity contribution in [3.63, 3.8) is 0 Å². The molecule has 0 spiro atoms. The molecular formula is C16H26IN3O2. The van der Waals surface area contributed by atoms with Crippen LogP contribution in [0.15, 0.2) is 27.8 Å². The third-order valence-corrected chi connectivity index (χ3v) is 4.46. The van der Waals surface area contributed by atoms with Gasteiger partial charge in [-0.05, 0) is 31.4 Å². The van der Waals surface area contributed by atoms with Gasteiger partial charge in [-0.2, -0.15) is 0 Å². The second-order valence-electron chi connectivity index (χ2n) is 5.85. The van der Waals surface area contributed by atoms with Crippen molar-refractivity contribution >= 4 is 29.9 Å². The number of fused-ring (bicyclic) bond motifs is 1. The standard InChI is InChI=1S/C16H25N3O2.HI/c1-17-16(18-8-6-14-5-3-10-20-14)19-9-7-15-13(12-19)4-2-11-21-15;/h3,5,10,13,15H,2,4,6-9,11-12H2,1H3,(H,17,18);1H. The molecule has 0 saturated carbocycles. The Kier molecular flexibility index (Phi) is 7.01. The fraction of sp³-hybridized carbons (Fsp3) is 0.688. The number of nitrogens with zero attached hydrogens (tertiary/aromatic N) is 2. The van der Waals surface area contributed by atoms with E-state index >= 15 is 0 Å². The Morgan fingerprint density at radius 1 is 1.45 bits per heavy atom. The summed E-state index contributed by atoms with van der Waals surface area (Å²) in [5, 5.41) is 3.45. The highest BCUT2D eigenvalue weighted by Gasteiger charge is 2.33. The minimum absolute atomic E-state index is 0. The number of halogens is 1. The van der Waals surface area contributed by atoms with E-state index in [0.717, 1.165) is 50.8 Å². The smallest absolute Gasteiger partial charge is 0.193 e. The van der Waals surface area contributed by atoms with Gasteiger partial charge in [0, 0.05) is 45.6 Å². The molecule has 0 bridgehead atoms. The molecule has 5 nitrogen and oxygen atoms in total. The first-order chi connectivity index (χ1) is 10.4. The molecule has 0 amide bonds. The third-order valence-electron chi connectivity index (χ3n) is 4.46. The molecule has 22 heavy (non-hydrogen) atoms. The van der Waals surface area contributed by atoms with Gasteiger partial charge in [0.25, 0.3) is 0 Å². The van der Waals surface area contributed by atoms with Crippen molar-refractivity contribution in [3.8, 4) is 0 Å². The largest absolute Gasteiger partial charge is 0.469 e. The summed E-state index contributed by atoms with van der Waals surface area (Å²) in [6, 6.07) is 3.94. The molecule has 2 fully saturated rings. The van der Waals surface area contributed by atoms with Crippen molar-refractivity contribution in [2.75, 3.05) is 33.3 Å². The van der Waals surface area contributed by atoms with E-state index < -0.39 is 0 Å². The first-order valence-electron chi connectivity index (χ1n) is 7.96. The molecule has 2 saturated heterocycles. The van der Waals surface area contributed by atoms with E-state index in [0.29, 0.717) is 12.0 Å². The summed E-state index contributed by atoms with van der Waals surface area (Å²) in [6.07, 6.45) is 6.66. The van der Waals surface area contributed by atoms with Crippen LogP contribution in [0.2, 0.25) is 0 Å². The Hall–Kier alpha value is -0.760. The Bertz CT molecular complexity index is 464. The Morgan fingerprint density at radius 3 is 3.14 bits per heavy atom. The maximum Gasteiger partial charge on any atom is 0.193 e. The van der Waals surface area contributed by atoms with E-state index in [2.05, 4.69) is 15.2 Å². The SMILES string of the molecule is CN=C(NCCc1ccco1)N1CCC2OCCCC2C1.I. The number of piperidine rings is 1. The molecule has 3 rings (SSSR count).